The Bertz CT molecular complexity index is 785. The summed E-state index contributed by atoms with van der Waals surface area (Å²) in [5, 5.41) is 1.04. The summed E-state index contributed by atoms with van der Waals surface area (Å²) in [6.45, 7) is 8.20. The van der Waals surface area contributed by atoms with Gasteiger partial charge in [-0.25, -0.2) is 4.98 Å². The summed E-state index contributed by atoms with van der Waals surface area (Å²) in [6.07, 6.45) is 3.69. The summed E-state index contributed by atoms with van der Waals surface area (Å²) < 4.78 is 5.49. The number of carbonyl (C=O) groups excluding carboxylic acids is 1. The molecule has 0 radical (unpaired) electrons. The van der Waals surface area contributed by atoms with Gasteiger partial charge in [0.1, 0.15) is 5.01 Å². The van der Waals surface area contributed by atoms with E-state index in [1.54, 1.807) is 11.3 Å². The van der Waals surface area contributed by atoms with Gasteiger partial charge in [0.15, 0.2) is 0 Å². The lowest BCUT2D eigenvalue weighted by atomic mass is 10.1. The zero-order chi connectivity index (χ0) is 18.6. The van der Waals surface area contributed by atoms with Crippen LogP contribution >= 0.6 is 11.3 Å². The van der Waals surface area contributed by atoms with Crippen molar-refractivity contribution in [2.75, 3.05) is 39.4 Å². The molecule has 3 heterocycles. The van der Waals surface area contributed by atoms with Crippen molar-refractivity contribution in [1.82, 2.24) is 14.8 Å². The number of amides is 1. The van der Waals surface area contributed by atoms with E-state index in [0.717, 1.165) is 55.7 Å². The molecule has 1 aromatic heterocycles. The summed E-state index contributed by atoms with van der Waals surface area (Å²) in [4.78, 5) is 22.8. The molecule has 2 saturated heterocycles. The Morgan fingerprint density at radius 1 is 1.26 bits per heavy atom. The smallest absolute Gasteiger partial charge is 0.224 e. The highest BCUT2D eigenvalue weighted by Crippen LogP contribution is 2.28. The maximum absolute atomic E-state index is 12.6. The number of carbonyl (C=O) groups is 1. The number of benzene rings is 1. The van der Waals surface area contributed by atoms with Crippen LogP contribution in [0.1, 0.15) is 23.3 Å². The van der Waals surface area contributed by atoms with Crippen LogP contribution in [0, 0.1) is 12.8 Å². The van der Waals surface area contributed by atoms with Crippen LogP contribution in [0.2, 0.25) is 0 Å². The molecule has 2 aromatic rings. The van der Waals surface area contributed by atoms with Crippen molar-refractivity contribution in [3.05, 3.63) is 40.9 Å². The molecule has 144 valence electrons. The molecule has 2 aliphatic rings. The van der Waals surface area contributed by atoms with E-state index >= 15 is 0 Å². The highest BCUT2D eigenvalue weighted by atomic mass is 32.1. The summed E-state index contributed by atoms with van der Waals surface area (Å²) in [7, 11) is 0. The van der Waals surface area contributed by atoms with Crippen molar-refractivity contribution < 1.29 is 9.53 Å². The highest BCUT2D eigenvalue weighted by molar-refractivity contribution is 7.15. The van der Waals surface area contributed by atoms with Gasteiger partial charge in [0, 0.05) is 55.8 Å². The van der Waals surface area contributed by atoms with Crippen LogP contribution in [-0.4, -0.2) is 60.1 Å². The van der Waals surface area contributed by atoms with Gasteiger partial charge in [-0.15, -0.1) is 11.3 Å². The molecule has 0 bridgehead atoms. The second-order valence-electron chi connectivity index (χ2n) is 7.54. The summed E-state index contributed by atoms with van der Waals surface area (Å²) in [6, 6.07) is 8.32. The molecule has 4 rings (SSSR count). The number of hydrogen-bond acceptors (Lipinski definition) is 5. The van der Waals surface area contributed by atoms with Crippen molar-refractivity contribution in [3.63, 3.8) is 0 Å². The average molecular weight is 386 g/mol. The topological polar surface area (TPSA) is 45.7 Å². The van der Waals surface area contributed by atoms with E-state index in [4.69, 9.17) is 4.74 Å². The zero-order valence-corrected chi connectivity index (χ0v) is 16.7. The van der Waals surface area contributed by atoms with Gasteiger partial charge in [0.05, 0.1) is 13.2 Å². The molecule has 1 atom stereocenters. The lowest BCUT2D eigenvalue weighted by Gasteiger charge is -2.23. The van der Waals surface area contributed by atoms with Crippen LogP contribution in [0.3, 0.4) is 0 Å². The van der Waals surface area contributed by atoms with Crippen LogP contribution < -0.4 is 0 Å². The molecule has 0 spiro atoms. The fraction of sp³-hybridized carbons (Fsp3) is 0.524. The Hall–Kier alpha value is -1.76. The third-order valence-corrected chi connectivity index (χ3v) is 6.51. The summed E-state index contributed by atoms with van der Waals surface area (Å²) in [5.74, 6) is 0.885. The molecule has 5 nitrogen and oxygen atoms in total. The van der Waals surface area contributed by atoms with Gasteiger partial charge in [-0.3, -0.25) is 4.79 Å². The molecular formula is C21H27N3O2S. The van der Waals surface area contributed by atoms with Crippen molar-refractivity contribution >= 4 is 17.2 Å². The van der Waals surface area contributed by atoms with E-state index in [-0.39, 0.29) is 5.91 Å². The van der Waals surface area contributed by atoms with Crippen LogP contribution in [-0.2, 0) is 16.1 Å². The van der Waals surface area contributed by atoms with Crippen molar-refractivity contribution in [1.29, 1.82) is 0 Å². The number of aromatic nitrogens is 1. The molecule has 1 amide bonds. The number of thiazole rings is 1. The first-order valence-electron chi connectivity index (χ1n) is 9.77. The van der Waals surface area contributed by atoms with Crippen LogP contribution in [0.5, 0.6) is 0 Å². The fourth-order valence-electron chi connectivity index (χ4n) is 3.86. The second kappa shape index (κ2) is 8.50. The highest BCUT2D eigenvalue weighted by Gasteiger charge is 2.25. The molecule has 6 heteroatoms. The van der Waals surface area contributed by atoms with Crippen molar-refractivity contribution in [2.45, 2.75) is 26.3 Å². The van der Waals surface area contributed by atoms with E-state index in [2.05, 4.69) is 28.9 Å². The average Bonchev–Trinajstić information content (AvgIpc) is 3.31. The van der Waals surface area contributed by atoms with Gasteiger partial charge in [0.25, 0.3) is 0 Å². The Balaban J connectivity index is 1.37. The van der Waals surface area contributed by atoms with Gasteiger partial charge < -0.3 is 14.5 Å². The van der Waals surface area contributed by atoms with Crippen LogP contribution in [0.25, 0.3) is 10.6 Å². The third-order valence-electron chi connectivity index (χ3n) is 5.50. The molecule has 0 aliphatic carbocycles. The first-order valence-corrected chi connectivity index (χ1v) is 10.6. The third kappa shape index (κ3) is 4.57. The van der Waals surface area contributed by atoms with Crippen molar-refractivity contribution in [2.24, 2.45) is 5.92 Å². The molecule has 0 saturated carbocycles. The number of aryl methyl sites for hydroxylation is 1. The minimum Gasteiger partial charge on any atom is -0.381 e. The normalized spacial score (nSPS) is 21.6. The Labute approximate surface area is 165 Å². The van der Waals surface area contributed by atoms with Crippen molar-refractivity contribution in [3.8, 4) is 10.6 Å². The largest absolute Gasteiger partial charge is 0.381 e. The quantitative estimate of drug-likeness (QED) is 0.793. The molecule has 1 unspecified atom stereocenters. The van der Waals surface area contributed by atoms with Crippen LogP contribution in [0.4, 0.5) is 0 Å². The number of nitrogens with zero attached hydrogens (tertiary/aromatic N) is 3. The van der Waals surface area contributed by atoms with E-state index in [0.29, 0.717) is 18.9 Å². The Morgan fingerprint density at radius 3 is 2.96 bits per heavy atom. The van der Waals surface area contributed by atoms with Gasteiger partial charge in [-0.2, -0.15) is 0 Å². The predicted molar refractivity (Wildman–Crippen MR) is 108 cm³/mol. The zero-order valence-electron chi connectivity index (χ0n) is 15.9. The van der Waals surface area contributed by atoms with E-state index in [9.17, 15) is 4.79 Å². The molecule has 2 aliphatic heterocycles. The maximum Gasteiger partial charge on any atom is 0.224 e. The molecule has 0 N–H and O–H groups in total. The molecule has 27 heavy (non-hydrogen) atoms. The first-order chi connectivity index (χ1) is 13.2. The minimum atomic E-state index is 0.256. The monoisotopic (exact) mass is 385 g/mol. The van der Waals surface area contributed by atoms with Gasteiger partial charge in [-0.05, 0) is 24.8 Å². The molecule has 2 fully saturated rings. The van der Waals surface area contributed by atoms with E-state index in [1.165, 1.54) is 11.1 Å². The molecular weight excluding hydrogens is 358 g/mol. The van der Waals surface area contributed by atoms with E-state index in [1.807, 2.05) is 23.2 Å². The second-order valence-corrected chi connectivity index (χ2v) is 8.66. The minimum absolute atomic E-state index is 0.256. The number of rotatable bonds is 5. The SMILES string of the molecule is Cc1ccccc1-c1ncc(CN2CCN(CC3CCOC3)CCC2=O)s1. The molecule has 1 aromatic carbocycles. The van der Waals surface area contributed by atoms with Gasteiger partial charge in [0.2, 0.25) is 5.91 Å². The standard InChI is InChI=1S/C21H27N3O2S/c1-16-4-2-3-5-19(16)21-22-12-18(27-21)14-24-10-9-23(8-6-20(24)25)13-17-7-11-26-15-17/h2-5,12,17H,6-11,13-15H2,1H3. The van der Waals surface area contributed by atoms with Crippen LogP contribution in [0.15, 0.2) is 30.5 Å². The predicted octanol–water partition coefficient (Wildman–Crippen LogP) is 3.19. The van der Waals surface area contributed by atoms with Gasteiger partial charge >= 0.3 is 0 Å². The Kier molecular flexibility index (Phi) is 5.86. The van der Waals surface area contributed by atoms with E-state index < -0.39 is 0 Å². The lowest BCUT2D eigenvalue weighted by Crippen LogP contribution is -2.34. The summed E-state index contributed by atoms with van der Waals surface area (Å²) in [5.41, 5.74) is 2.41. The fourth-order valence-corrected chi connectivity index (χ4v) is 4.88. The lowest BCUT2D eigenvalue weighted by molar-refractivity contribution is -0.130. The summed E-state index contributed by atoms with van der Waals surface area (Å²) >= 11 is 1.69. The van der Waals surface area contributed by atoms with Gasteiger partial charge in [-0.1, -0.05) is 24.3 Å². The Morgan fingerprint density at radius 2 is 2.15 bits per heavy atom. The first kappa shape index (κ1) is 18.6. The maximum atomic E-state index is 12.6. The number of ether oxygens (including phenoxy) is 1. The number of hydrogen-bond donors (Lipinski definition) is 0.